The van der Waals surface area contributed by atoms with Crippen molar-refractivity contribution in [3.8, 4) is 0 Å². The van der Waals surface area contributed by atoms with Gasteiger partial charge in [0.15, 0.2) is 0 Å². The van der Waals surface area contributed by atoms with Crippen LogP contribution in [0, 0.1) is 0 Å². The van der Waals surface area contributed by atoms with E-state index >= 15 is 0 Å². The molecule has 0 aromatic heterocycles. The zero-order chi connectivity index (χ0) is 12.5. The van der Waals surface area contributed by atoms with Crippen molar-refractivity contribution < 1.29 is 9.90 Å². The Kier molecular flexibility index (Phi) is 32.3. The van der Waals surface area contributed by atoms with Gasteiger partial charge in [0, 0.05) is 6.42 Å². The predicted octanol–water partition coefficient (Wildman–Crippen LogP) is 4.88. The molecular formula is C11H24Cl2O2. The summed E-state index contributed by atoms with van der Waals surface area (Å²) in [4.78, 5) is 9.60. The van der Waals surface area contributed by atoms with Crippen LogP contribution in [0.1, 0.15) is 59.3 Å². The van der Waals surface area contributed by atoms with Crippen molar-refractivity contribution in [2.75, 3.05) is 5.34 Å². The lowest BCUT2D eigenvalue weighted by atomic mass is 10.2. The van der Waals surface area contributed by atoms with Gasteiger partial charge in [0.2, 0.25) is 0 Å². The SMILES string of the molecule is CCCC(=O)O.CCCCCC.ClCCl. The first-order chi connectivity index (χ1) is 7.10. The van der Waals surface area contributed by atoms with Gasteiger partial charge in [-0.1, -0.05) is 46.5 Å². The molecule has 1 N–H and O–H groups in total. The van der Waals surface area contributed by atoms with E-state index in [1.807, 2.05) is 6.92 Å². The van der Waals surface area contributed by atoms with E-state index in [1.165, 1.54) is 25.7 Å². The molecule has 0 saturated heterocycles. The van der Waals surface area contributed by atoms with Crippen LogP contribution in [0.5, 0.6) is 0 Å². The molecule has 0 spiro atoms. The van der Waals surface area contributed by atoms with Gasteiger partial charge >= 0.3 is 5.97 Å². The molecule has 0 unspecified atom stereocenters. The number of hydrogen-bond acceptors (Lipinski definition) is 1. The second-order valence-corrected chi connectivity index (χ2v) is 3.76. The zero-order valence-electron chi connectivity index (χ0n) is 10.1. The molecule has 0 fully saturated rings. The summed E-state index contributed by atoms with van der Waals surface area (Å²) in [7, 11) is 0. The van der Waals surface area contributed by atoms with Crippen molar-refractivity contribution in [2.24, 2.45) is 0 Å². The molecule has 0 amide bonds. The van der Waals surface area contributed by atoms with Gasteiger partial charge in [-0.2, -0.15) is 0 Å². The number of carboxylic acids is 1. The van der Waals surface area contributed by atoms with Crippen molar-refractivity contribution in [1.29, 1.82) is 0 Å². The Labute approximate surface area is 104 Å². The Balaban J connectivity index is -0.000000153. The van der Waals surface area contributed by atoms with Crippen LogP contribution in [0.15, 0.2) is 0 Å². The maximum atomic E-state index is 9.60. The van der Waals surface area contributed by atoms with Crippen molar-refractivity contribution in [3.05, 3.63) is 0 Å². The maximum Gasteiger partial charge on any atom is 0.303 e. The van der Waals surface area contributed by atoms with Crippen molar-refractivity contribution in [1.82, 2.24) is 0 Å². The van der Waals surface area contributed by atoms with Crippen LogP contribution < -0.4 is 0 Å². The Morgan fingerprint density at radius 3 is 1.40 bits per heavy atom. The Morgan fingerprint density at radius 2 is 1.33 bits per heavy atom. The molecule has 0 radical (unpaired) electrons. The van der Waals surface area contributed by atoms with Crippen LogP contribution in [0.3, 0.4) is 0 Å². The fourth-order valence-corrected chi connectivity index (χ4v) is 0.714. The average Bonchev–Trinajstić information content (AvgIpc) is 2.16. The van der Waals surface area contributed by atoms with Gasteiger partial charge in [-0.3, -0.25) is 4.79 Å². The lowest BCUT2D eigenvalue weighted by Crippen LogP contribution is -1.90. The molecule has 0 aliphatic heterocycles. The lowest BCUT2D eigenvalue weighted by Gasteiger charge is -1.86. The van der Waals surface area contributed by atoms with Crippen molar-refractivity contribution in [2.45, 2.75) is 59.3 Å². The first kappa shape index (κ1) is 20.5. The number of halogens is 2. The largest absolute Gasteiger partial charge is 0.481 e. The highest BCUT2D eigenvalue weighted by Gasteiger charge is 1.87. The summed E-state index contributed by atoms with van der Waals surface area (Å²) in [6.45, 7) is 6.30. The van der Waals surface area contributed by atoms with E-state index in [-0.39, 0.29) is 5.34 Å². The minimum Gasteiger partial charge on any atom is -0.481 e. The summed E-state index contributed by atoms with van der Waals surface area (Å²) in [5.41, 5.74) is 0. The average molecular weight is 259 g/mol. The van der Waals surface area contributed by atoms with Gasteiger partial charge in [-0.25, -0.2) is 0 Å². The molecule has 0 rings (SSSR count). The minimum absolute atomic E-state index is 0.194. The molecule has 0 aliphatic carbocycles. The molecule has 0 aromatic rings. The highest BCUT2D eigenvalue weighted by molar-refractivity contribution is 6.40. The molecule has 94 valence electrons. The Bertz CT molecular complexity index is 105. The molecule has 0 heterocycles. The quantitative estimate of drug-likeness (QED) is 0.564. The predicted molar refractivity (Wildman–Crippen MR) is 68.9 cm³/mol. The van der Waals surface area contributed by atoms with Crippen LogP contribution in [0.25, 0.3) is 0 Å². The van der Waals surface area contributed by atoms with Gasteiger partial charge in [0.05, 0.1) is 5.34 Å². The third-order valence-electron chi connectivity index (χ3n) is 1.42. The van der Waals surface area contributed by atoms with E-state index in [1.54, 1.807) is 0 Å². The van der Waals surface area contributed by atoms with Crippen molar-refractivity contribution >= 4 is 29.2 Å². The highest BCUT2D eigenvalue weighted by atomic mass is 35.5. The fraction of sp³-hybridized carbons (Fsp3) is 0.909. The standard InChI is InChI=1S/C6H14.C4H8O2.CH2Cl2/c1-3-5-6-4-2;1-2-3-4(5)6;2-1-3/h3-6H2,1-2H3;2-3H2,1H3,(H,5,6);1H2. The molecule has 0 aliphatic rings. The van der Waals surface area contributed by atoms with E-state index in [2.05, 4.69) is 13.8 Å². The number of alkyl halides is 2. The summed E-state index contributed by atoms with van der Waals surface area (Å²) in [5, 5.41) is 8.11. The molecule has 0 saturated carbocycles. The van der Waals surface area contributed by atoms with Gasteiger partial charge in [0.25, 0.3) is 0 Å². The number of unbranched alkanes of at least 4 members (excludes halogenated alkanes) is 3. The van der Waals surface area contributed by atoms with E-state index in [4.69, 9.17) is 28.3 Å². The summed E-state index contributed by atoms with van der Waals surface area (Å²) in [6, 6.07) is 0. The molecule has 0 aromatic carbocycles. The second kappa shape index (κ2) is 23.7. The van der Waals surface area contributed by atoms with Crippen LogP contribution in [-0.4, -0.2) is 16.4 Å². The van der Waals surface area contributed by atoms with E-state index < -0.39 is 5.97 Å². The number of carbonyl (C=O) groups is 1. The third-order valence-corrected chi connectivity index (χ3v) is 1.42. The Morgan fingerprint density at radius 1 is 1.00 bits per heavy atom. The smallest absolute Gasteiger partial charge is 0.303 e. The maximum absolute atomic E-state index is 9.60. The first-order valence-electron chi connectivity index (χ1n) is 5.44. The van der Waals surface area contributed by atoms with Crippen LogP contribution in [0.4, 0.5) is 0 Å². The number of rotatable bonds is 5. The molecular weight excluding hydrogens is 235 g/mol. The van der Waals surface area contributed by atoms with E-state index in [9.17, 15) is 4.79 Å². The first-order valence-corrected chi connectivity index (χ1v) is 6.51. The molecule has 0 atom stereocenters. The minimum atomic E-state index is -0.711. The van der Waals surface area contributed by atoms with Crippen LogP contribution in [-0.2, 0) is 4.79 Å². The molecule has 2 nitrogen and oxygen atoms in total. The zero-order valence-corrected chi connectivity index (χ0v) is 11.6. The third kappa shape index (κ3) is 55.7. The van der Waals surface area contributed by atoms with Crippen molar-refractivity contribution in [3.63, 3.8) is 0 Å². The summed E-state index contributed by atoms with van der Waals surface area (Å²) in [5.74, 6) is -0.711. The highest BCUT2D eigenvalue weighted by Crippen LogP contribution is 1.95. The van der Waals surface area contributed by atoms with E-state index in [0.29, 0.717) is 6.42 Å². The fourth-order valence-electron chi connectivity index (χ4n) is 0.714. The summed E-state index contributed by atoms with van der Waals surface area (Å²) >= 11 is 9.53. The number of aliphatic carboxylic acids is 1. The molecule has 0 bridgehead atoms. The number of carboxylic acid groups (broad SMARTS) is 1. The Hall–Kier alpha value is 0.0500. The van der Waals surface area contributed by atoms with Gasteiger partial charge in [0.1, 0.15) is 0 Å². The van der Waals surface area contributed by atoms with Crippen LogP contribution in [0.2, 0.25) is 0 Å². The molecule has 15 heavy (non-hydrogen) atoms. The molecule has 4 heteroatoms. The van der Waals surface area contributed by atoms with Gasteiger partial charge < -0.3 is 5.11 Å². The topological polar surface area (TPSA) is 37.3 Å². The van der Waals surface area contributed by atoms with E-state index in [0.717, 1.165) is 6.42 Å². The van der Waals surface area contributed by atoms with Gasteiger partial charge in [-0.15, -0.1) is 23.2 Å². The summed E-state index contributed by atoms with van der Waals surface area (Å²) in [6.07, 6.45) is 6.56. The lowest BCUT2D eigenvalue weighted by molar-refractivity contribution is -0.137. The number of hydrogen-bond donors (Lipinski definition) is 1. The summed E-state index contributed by atoms with van der Waals surface area (Å²) < 4.78 is 0. The van der Waals surface area contributed by atoms with Gasteiger partial charge in [-0.05, 0) is 6.42 Å². The second-order valence-electron chi connectivity index (χ2n) is 2.95. The normalized spacial score (nSPS) is 8.07. The van der Waals surface area contributed by atoms with Crippen LogP contribution >= 0.6 is 23.2 Å². The monoisotopic (exact) mass is 258 g/mol.